The third kappa shape index (κ3) is 4.20. The van der Waals surface area contributed by atoms with Crippen molar-refractivity contribution in [2.24, 2.45) is 0 Å². The molecule has 4 heterocycles. The van der Waals surface area contributed by atoms with Gasteiger partial charge in [-0.05, 0) is 80.1 Å². The van der Waals surface area contributed by atoms with Gasteiger partial charge in [0.15, 0.2) is 5.65 Å². The minimum Gasteiger partial charge on any atom is -0.354 e. The van der Waals surface area contributed by atoms with Gasteiger partial charge in [0, 0.05) is 36.8 Å². The van der Waals surface area contributed by atoms with Crippen LogP contribution >= 0.6 is 0 Å². The van der Waals surface area contributed by atoms with Gasteiger partial charge in [-0.3, -0.25) is 9.69 Å². The quantitative estimate of drug-likeness (QED) is 0.475. The maximum Gasteiger partial charge on any atom is 0.236 e. The van der Waals surface area contributed by atoms with E-state index in [2.05, 4.69) is 64.1 Å². The molecule has 1 aliphatic rings. The number of likely N-dealkylation sites (N-methyl/N-ethyl adjacent to an activating group) is 1. The number of aryl methyl sites for hydroxylation is 1. The third-order valence-corrected chi connectivity index (χ3v) is 7.09. The Labute approximate surface area is 200 Å². The molecule has 7 nitrogen and oxygen atoms in total. The summed E-state index contributed by atoms with van der Waals surface area (Å²) in [5, 5.41) is 5.72. The van der Waals surface area contributed by atoms with Crippen LogP contribution in [0.5, 0.6) is 0 Å². The van der Waals surface area contributed by atoms with Gasteiger partial charge in [0.2, 0.25) is 5.91 Å². The van der Waals surface area contributed by atoms with E-state index in [0.717, 1.165) is 43.0 Å². The van der Waals surface area contributed by atoms with Gasteiger partial charge in [-0.15, -0.1) is 0 Å². The smallest absolute Gasteiger partial charge is 0.236 e. The van der Waals surface area contributed by atoms with Crippen molar-refractivity contribution in [2.75, 3.05) is 33.7 Å². The van der Waals surface area contributed by atoms with E-state index in [9.17, 15) is 4.79 Å². The van der Waals surface area contributed by atoms with Gasteiger partial charge in [-0.2, -0.15) is 5.10 Å². The van der Waals surface area contributed by atoms with E-state index in [-0.39, 0.29) is 5.91 Å². The lowest BCUT2D eigenvalue weighted by atomic mass is 9.87. The number of nitrogens with one attached hydrogen (secondary N) is 1. The zero-order chi connectivity index (χ0) is 24.0. The Morgan fingerprint density at radius 3 is 2.65 bits per heavy atom. The van der Waals surface area contributed by atoms with Crippen molar-refractivity contribution < 1.29 is 4.79 Å². The van der Waals surface area contributed by atoms with Crippen LogP contribution in [0.2, 0.25) is 0 Å². The van der Waals surface area contributed by atoms with Gasteiger partial charge in [0.25, 0.3) is 0 Å². The number of hydrogen-bond donors (Lipinski definition) is 1. The molecule has 3 aromatic heterocycles. The lowest BCUT2D eigenvalue weighted by Gasteiger charge is -2.32. The van der Waals surface area contributed by atoms with E-state index in [0.29, 0.717) is 18.4 Å². The average molecular weight is 459 g/mol. The highest BCUT2D eigenvalue weighted by Gasteiger charge is 2.24. The van der Waals surface area contributed by atoms with Crippen LogP contribution in [0.15, 0.2) is 36.5 Å². The summed E-state index contributed by atoms with van der Waals surface area (Å²) in [7, 11) is 3.65. The Bertz CT molecular complexity index is 1340. The molecule has 0 spiro atoms. The molecule has 4 aromatic rings. The van der Waals surface area contributed by atoms with Crippen LogP contribution in [0, 0.1) is 6.92 Å². The first-order valence-corrected chi connectivity index (χ1v) is 12.2. The SMILES string of the molecule is Cc1nc2cc(-c3[nH]c4ccc(C5CCN(CC(=O)N(C)C)CC5)cc4c3C(C)C)ccn2n1. The van der Waals surface area contributed by atoms with Crippen LogP contribution in [-0.4, -0.2) is 69.0 Å². The Morgan fingerprint density at radius 1 is 1.18 bits per heavy atom. The number of carbonyl (C=O) groups excluding carboxylic acids is 1. The largest absolute Gasteiger partial charge is 0.354 e. The normalized spacial score (nSPS) is 15.6. The minimum absolute atomic E-state index is 0.181. The molecular formula is C27H34N6O. The molecule has 1 saturated heterocycles. The van der Waals surface area contributed by atoms with Crippen LogP contribution in [-0.2, 0) is 4.79 Å². The molecule has 0 aliphatic carbocycles. The van der Waals surface area contributed by atoms with Crippen molar-refractivity contribution in [1.29, 1.82) is 0 Å². The molecule has 1 aromatic carbocycles. The predicted octanol–water partition coefficient (Wildman–Crippen LogP) is 4.58. The number of hydrogen-bond acceptors (Lipinski definition) is 4. The van der Waals surface area contributed by atoms with Crippen LogP contribution in [0.1, 0.15) is 55.5 Å². The van der Waals surface area contributed by atoms with Crippen LogP contribution < -0.4 is 0 Å². The van der Waals surface area contributed by atoms with Crippen molar-refractivity contribution in [1.82, 2.24) is 29.4 Å². The van der Waals surface area contributed by atoms with Crippen molar-refractivity contribution in [3.05, 3.63) is 53.5 Å². The first kappa shape index (κ1) is 22.6. The zero-order valence-corrected chi connectivity index (χ0v) is 20.8. The summed E-state index contributed by atoms with van der Waals surface area (Å²) in [5.74, 6) is 1.87. The van der Waals surface area contributed by atoms with E-state index in [4.69, 9.17) is 0 Å². The molecule has 7 heteroatoms. The van der Waals surface area contributed by atoms with E-state index >= 15 is 0 Å². The lowest BCUT2D eigenvalue weighted by molar-refractivity contribution is -0.130. The van der Waals surface area contributed by atoms with Gasteiger partial charge < -0.3 is 9.88 Å². The van der Waals surface area contributed by atoms with Crippen molar-refractivity contribution >= 4 is 22.5 Å². The summed E-state index contributed by atoms with van der Waals surface area (Å²) in [6, 6.07) is 11.1. The van der Waals surface area contributed by atoms with Gasteiger partial charge in [0.1, 0.15) is 5.82 Å². The number of amides is 1. The Hall–Kier alpha value is -3.19. The van der Waals surface area contributed by atoms with Crippen molar-refractivity contribution in [3.63, 3.8) is 0 Å². The van der Waals surface area contributed by atoms with Crippen molar-refractivity contribution in [2.45, 2.75) is 45.4 Å². The number of carbonyl (C=O) groups is 1. The highest BCUT2D eigenvalue weighted by Crippen LogP contribution is 2.38. The molecule has 0 atom stereocenters. The second-order valence-electron chi connectivity index (χ2n) is 10.1. The lowest BCUT2D eigenvalue weighted by Crippen LogP contribution is -2.40. The van der Waals surface area contributed by atoms with Gasteiger partial charge in [-0.1, -0.05) is 19.9 Å². The van der Waals surface area contributed by atoms with E-state index in [1.807, 2.05) is 31.7 Å². The highest BCUT2D eigenvalue weighted by molar-refractivity contribution is 5.92. The van der Waals surface area contributed by atoms with Gasteiger partial charge >= 0.3 is 0 Å². The maximum atomic E-state index is 12.1. The molecular weight excluding hydrogens is 424 g/mol. The number of piperidine rings is 1. The number of benzene rings is 1. The number of nitrogens with zero attached hydrogens (tertiary/aromatic N) is 5. The molecule has 5 rings (SSSR count). The summed E-state index contributed by atoms with van der Waals surface area (Å²) in [4.78, 5) is 24.3. The molecule has 1 amide bonds. The minimum atomic E-state index is 0.181. The maximum absolute atomic E-state index is 12.1. The fourth-order valence-corrected chi connectivity index (χ4v) is 5.22. The van der Waals surface area contributed by atoms with Crippen LogP contribution in [0.3, 0.4) is 0 Å². The monoisotopic (exact) mass is 458 g/mol. The van der Waals surface area contributed by atoms with Crippen LogP contribution in [0.25, 0.3) is 27.8 Å². The fraction of sp³-hybridized carbons (Fsp3) is 0.444. The number of fused-ring (bicyclic) bond motifs is 2. The molecule has 0 unspecified atom stereocenters. The summed E-state index contributed by atoms with van der Waals surface area (Å²) < 4.78 is 1.83. The summed E-state index contributed by atoms with van der Waals surface area (Å²) in [6.07, 6.45) is 4.16. The number of aromatic nitrogens is 4. The first-order valence-electron chi connectivity index (χ1n) is 12.2. The molecule has 178 valence electrons. The standard InChI is InChI=1S/C27H34N6O/c1-17(2)26-22-14-20(19-8-11-32(12-9-19)16-25(34)31(4)5)6-7-23(22)29-27(26)21-10-13-33-24(15-21)28-18(3)30-33/h6-7,10,13-15,17,19,29H,8-9,11-12,16H2,1-5H3. The van der Waals surface area contributed by atoms with Gasteiger partial charge in [0.05, 0.1) is 12.2 Å². The van der Waals surface area contributed by atoms with E-state index in [1.54, 1.807) is 4.90 Å². The van der Waals surface area contributed by atoms with E-state index < -0.39 is 0 Å². The van der Waals surface area contributed by atoms with Crippen molar-refractivity contribution in [3.8, 4) is 11.3 Å². The molecule has 1 N–H and O–H groups in total. The fourth-order valence-electron chi connectivity index (χ4n) is 5.22. The van der Waals surface area contributed by atoms with Gasteiger partial charge in [-0.25, -0.2) is 9.50 Å². The summed E-state index contributed by atoms with van der Waals surface area (Å²) >= 11 is 0. The molecule has 34 heavy (non-hydrogen) atoms. The highest BCUT2D eigenvalue weighted by atomic mass is 16.2. The molecule has 1 fully saturated rings. The number of likely N-dealkylation sites (tertiary alicyclic amines) is 1. The Balaban J connectivity index is 1.44. The Kier molecular flexibility index (Phi) is 5.90. The molecule has 1 aliphatic heterocycles. The number of rotatable bonds is 5. The number of H-pyrrole nitrogens is 1. The van der Waals surface area contributed by atoms with Crippen LogP contribution in [0.4, 0.5) is 0 Å². The Morgan fingerprint density at radius 2 is 1.94 bits per heavy atom. The second-order valence-corrected chi connectivity index (χ2v) is 10.1. The molecule has 0 saturated carbocycles. The number of pyridine rings is 1. The summed E-state index contributed by atoms with van der Waals surface area (Å²) in [5.41, 5.74) is 7.11. The average Bonchev–Trinajstić information content (AvgIpc) is 3.37. The molecule has 0 bridgehead atoms. The second kappa shape index (κ2) is 8.87. The predicted molar refractivity (Wildman–Crippen MR) is 136 cm³/mol. The number of aromatic amines is 1. The topological polar surface area (TPSA) is 69.5 Å². The zero-order valence-electron chi connectivity index (χ0n) is 20.8. The summed E-state index contributed by atoms with van der Waals surface area (Å²) in [6.45, 7) is 8.90. The third-order valence-electron chi connectivity index (χ3n) is 7.09. The van der Waals surface area contributed by atoms with E-state index in [1.165, 1.54) is 27.7 Å². The first-order chi connectivity index (χ1) is 16.3. The molecule has 0 radical (unpaired) electrons.